The lowest BCUT2D eigenvalue weighted by molar-refractivity contribution is 0.329. The molecule has 0 amide bonds. The number of aromatic nitrogens is 1. The summed E-state index contributed by atoms with van der Waals surface area (Å²) in [6.45, 7) is 0. The number of rotatable bonds is 0. The number of nitrogens with zero attached hydrogens (tertiary/aromatic N) is 1. The Morgan fingerprint density at radius 2 is 1.53 bits per heavy atom. The Labute approximate surface area is 99.6 Å². The Bertz CT molecular complexity index is 619. The van der Waals surface area contributed by atoms with Crippen molar-refractivity contribution in [2.45, 2.75) is 0 Å². The predicted molar refractivity (Wildman–Crippen MR) is 55.8 cm³/mol. The first-order valence-corrected chi connectivity index (χ1v) is 5.04. The van der Waals surface area contributed by atoms with Crippen molar-refractivity contribution in [3.63, 3.8) is 0 Å². The van der Waals surface area contributed by atoms with E-state index in [4.69, 9.17) is 21.1 Å². The highest BCUT2D eigenvalue weighted by Crippen LogP contribution is 2.49. The molecule has 1 aliphatic rings. The van der Waals surface area contributed by atoms with Crippen molar-refractivity contribution in [2.75, 3.05) is 0 Å². The number of hydrogen-bond donors (Lipinski definition) is 0. The summed E-state index contributed by atoms with van der Waals surface area (Å²) in [6.07, 6.45) is 0. The minimum atomic E-state index is -1.13. The maximum absolute atomic E-state index is 13.4. The number of benzene rings is 1. The van der Waals surface area contributed by atoms with Crippen molar-refractivity contribution in [1.82, 2.24) is 4.98 Å². The van der Waals surface area contributed by atoms with Gasteiger partial charge in [-0.15, -0.1) is 0 Å². The standard InChI is InChI=1S/C11H4ClF2NO2/c12-7-8-9(11(14)15-10(7)13)17-6-4-2-1-3-5(6)16-8/h1-4H. The summed E-state index contributed by atoms with van der Waals surface area (Å²) in [5.74, 6) is -2.08. The summed E-state index contributed by atoms with van der Waals surface area (Å²) in [7, 11) is 0. The molecule has 0 saturated heterocycles. The molecule has 0 bridgehead atoms. The van der Waals surface area contributed by atoms with Crippen molar-refractivity contribution >= 4 is 11.6 Å². The van der Waals surface area contributed by atoms with E-state index in [0.717, 1.165) is 0 Å². The van der Waals surface area contributed by atoms with E-state index in [9.17, 15) is 8.78 Å². The normalized spacial score (nSPS) is 12.2. The summed E-state index contributed by atoms with van der Waals surface area (Å²) >= 11 is 5.64. The maximum atomic E-state index is 13.4. The van der Waals surface area contributed by atoms with E-state index < -0.39 is 16.9 Å². The molecule has 0 saturated carbocycles. The number of para-hydroxylation sites is 2. The first-order chi connectivity index (χ1) is 8.16. The highest BCUT2D eigenvalue weighted by atomic mass is 35.5. The van der Waals surface area contributed by atoms with Crippen LogP contribution < -0.4 is 9.47 Å². The minimum absolute atomic E-state index is 0.199. The zero-order valence-corrected chi connectivity index (χ0v) is 8.96. The quantitative estimate of drug-likeness (QED) is 0.571. The third kappa shape index (κ3) is 1.51. The molecule has 0 radical (unpaired) electrons. The van der Waals surface area contributed by atoms with Crippen molar-refractivity contribution < 1.29 is 18.3 Å². The third-order valence-corrected chi connectivity index (χ3v) is 2.57. The van der Waals surface area contributed by atoms with Crippen molar-refractivity contribution in [3.8, 4) is 23.0 Å². The Balaban J connectivity index is 2.21. The first-order valence-electron chi connectivity index (χ1n) is 4.66. The van der Waals surface area contributed by atoms with E-state index >= 15 is 0 Å². The van der Waals surface area contributed by atoms with Gasteiger partial charge in [-0.25, -0.2) is 0 Å². The summed E-state index contributed by atoms with van der Waals surface area (Å²) in [6, 6.07) is 6.60. The highest BCUT2D eigenvalue weighted by molar-refractivity contribution is 6.32. The smallest absolute Gasteiger partial charge is 0.262 e. The van der Waals surface area contributed by atoms with Gasteiger partial charge in [0.05, 0.1) is 0 Å². The molecule has 1 aromatic carbocycles. The summed E-state index contributed by atoms with van der Waals surface area (Å²) in [4.78, 5) is 2.99. The molecule has 1 aromatic heterocycles. The van der Waals surface area contributed by atoms with Gasteiger partial charge >= 0.3 is 0 Å². The van der Waals surface area contributed by atoms with Gasteiger partial charge in [-0.1, -0.05) is 23.7 Å². The summed E-state index contributed by atoms with van der Waals surface area (Å²) in [5, 5.41) is -0.407. The number of fused-ring (bicyclic) bond motifs is 2. The van der Waals surface area contributed by atoms with Crippen LogP contribution in [-0.4, -0.2) is 4.98 Å². The molecule has 3 rings (SSSR count). The SMILES string of the molecule is Fc1nc(F)c2c(c1Cl)Oc1ccccc1O2. The average molecular weight is 256 g/mol. The zero-order chi connectivity index (χ0) is 12.0. The monoisotopic (exact) mass is 255 g/mol. The number of halogens is 3. The van der Waals surface area contributed by atoms with Crippen molar-refractivity contribution in [1.29, 1.82) is 0 Å². The molecule has 0 unspecified atom stereocenters. The summed E-state index contributed by atoms with van der Waals surface area (Å²) in [5.41, 5.74) is 0. The molecular formula is C11H4ClF2NO2. The lowest BCUT2D eigenvalue weighted by Gasteiger charge is -2.20. The molecule has 2 aromatic rings. The van der Waals surface area contributed by atoms with Crippen LogP contribution in [0.1, 0.15) is 0 Å². The zero-order valence-electron chi connectivity index (χ0n) is 8.21. The molecule has 2 heterocycles. The molecule has 17 heavy (non-hydrogen) atoms. The van der Waals surface area contributed by atoms with Gasteiger partial charge in [0.1, 0.15) is 5.02 Å². The van der Waals surface area contributed by atoms with Crippen molar-refractivity contribution in [3.05, 3.63) is 41.2 Å². The van der Waals surface area contributed by atoms with Crippen LogP contribution in [0.4, 0.5) is 8.78 Å². The molecule has 0 fully saturated rings. The number of ether oxygens (including phenoxy) is 2. The van der Waals surface area contributed by atoms with Crippen LogP contribution in [0, 0.1) is 11.9 Å². The second kappa shape index (κ2) is 3.56. The van der Waals surface area contributed by atoms with Gasteiger partial charge in [0.15, 0.2) is 17.2 Å². The van der Waals surface area contributed by atoms with E-state index in [2.05, 4.69) is 4.98 Å². The van der Waals surface area contributed by atoms with Crippen LogP contribution in [0.25, 0.3) is 0 Å². The van der Waals surface area contributed by atoms with Crippen LogP contribution in [0.15, 0.2) is 24.3 Å². The molecule has 6 heteroatoms. The van der Waals surface area contributed by atoms with Gasteiger partial charge in [-0.3, -0.25) is 0 Å². The van der Waals surface area contributed by atoms with Gasteiger partial charge < -0.3 is 9.47 Å². The number of pyridine rings is 1. The fourth-order valence-electron chi connectivity index (χ4n) is 1.49. The van der Waals surface area contributed by atoms with Gasteiger partial charge in [0.2, 0.25) is 11.7 Å². The van der Waals surface area contributed by atoms with Gasteiger partial charge in [0.25, 0.3) is 5.95 Å². The third-order valence-electron chi connectivity index (χ3n) is 2.24. The van der Waals surface area contributed by atoms with Gasteiger partial charge in [-0.05, 0) is 12.1 Å². The van der Waals surface area contributed by atoms with E-state index in [1.54, 1.807) is 24.3 Å². The van der Waals surface area contributed by atoms with Gasteiger partial charge in [0, 0.05) is 0 Å². The molecule has 0 aliphatic carbocycles. The molecule has 86 valence electrons. The minimum Gasteiger partial charge on any atom is -0.448 e. The Hall–Kier alpha value is -1.88. The second-order valence-corrected chi connectivity index (χ2v) is 3.69. The molecule has 0 N–H and O–H groups in total. The Morgan fingerprint density at radius 3 is 2.18 bits per heavy atom. The lowest BCUT2D eigenvalue weighted by atomic mass is 10.3. The Morgan fingerprint density at radius 1 is 0.941 bits per heavy atom. The molecule has 0 spiro atoms. The van der Waals surface area contributed by atoms with Crippen LogP contribution in [0.5, 0.6) is 23.0 Å². The van der Waals surface area contributed by atoms with E-state index in [1.165, 1.54) is 0 Å². The molecular weight excluding hydrogens is 252 g/mol. The Kier molecular flexibility index (Phi) is 2.16. The lowest BCUT2D eigenvalue weighted by Crippen LogP contribution is -2.04. The largest absolute Gasteiger partial charge is 0.448 e. The molecule has 1 aliphatic heterocycles. The van der Waals surface area contributed by atoms with E-state index in [1.807, 2.05) is 0 Å². The van der Waals surface area contributed by atoms with Crippen LogP contribution in [-0.2, 0) is 0 Å². The first kappa shape index (κ1) is 10.3. The topological polar surface area (TPSA) is 31.4 Å². The fraction of sp³-hybridized carbons (Fsp3) is 0. The highest BCUT2D eigenvalue weighted by Gasteiger charge is 2.28. The van der Waals surface area contributed by atoms with Crippen molar-refractivity contribution in [2.24, 2.45) is 0 Å². The van der Waals surface area contributed by atoms with Crippen LogP contribution in [0.3, 0.4) is 0 Å². The summed E-state index contributed by atoms with van der Waals surface area (Å²) < 4.78 is 37.0. The fourth-order valence-corrected chi connectivity index (χ4v) is 1.66. The average Bonchev–Trinajstić information content (AvgIpc) is 2.34. The van der Waals surface area contributed by atoms with Crippen LogP contribution >= 0.6 is 11.6 Å². The van der Waals surface area contributed by atoms with E-state index in [-0.39, 0.29) is 11.5 Å². The second-order valence-electron chi connectivity index (χ2n) is 3.32. The predicted octanol–water partition coefficient (Wildman–Crippen LogP) is 3.91. The van der Waals surface area contributed by atoms with E-state index in [0.29, 0.717) is 11.5 Å². The number of hydrogen-bond acceptors (Lipinski definition) is 3. The maximum Gasteiger partial charge on any atom is 0.262 e. The molecule has 3 nitrogen and oxygen atoms in total. The molecule has 0 atom stereocenters. The van der Waals surface area contributed by atoms with Crippen LogP contribution in [0.2, 0.25) is 5.02 Å². The van der Waals surface area contributed by atoms with Gasteiger partial charge in [-0.2, -0.15) is 13.8 Å².